The summed E-state index contributed by atoms with van der Waals surface area (Å²) >= 11 is 9.11. The summed E-state index contributed by atoms with van der Waals surface area (Å²) in [6.45, 7) is 1.38. The van der Waals surface area contributed by atoms with Crippen LogP contribution in [0.25, 0.3) is 0 Å². The van der Waals surface area contributed by atoms with Gasteiger partial charge in [0.25, 0.3) is 0 Å². The molecule has 1 atom stereocenters. The van der Waals surface area contributed by atoms with Crippen molar-refractivity contribution >= 4 is 54.8 Å². The van der Waals surface area contributed by atoms with Crippen molar-refractivity contribution in [2.45, 2.75) is 13.0 Å². The lowest BCUT2D eigenvalue weighted by atomic mass is 10.2. The Kier molecular flexibility index (Phi) is 6.72. The molecule has 27 heavy (non-hydrogen) atoms. The van der Waals surface area contributed by atoms with E-state index in [9.17, 15) is 17.6 Å². The van der Waals surface area contributed by atoms with Crippen molar-refractivity contribution in [3.63, 3.8) is 0 Å². The Morgan fingerprint density at radius 1 is 1.30 bits per heavy atom. The molecule has 2 aromatic rings. The first-order valence-electron chi connectivity index (χ1n) is 7.63. The summed E-state index contributed by atoms with van der Waals surface area (Å²) in [5.74, 6) is -1.15. The molecule has 1 N–H and O–H groups in total. The predicted molar refractivity (Wildman–Crippen MR) is 108 cm³/mol. The summed E-state index contributed by atoms with van der Waals surface area (Å²) in [6.07, 6.45) is 0.956. The van der Waals surface area contributed by atoms with Gasteiger partial charge in [0.15, 0.2) is 0 Å². The van der Waals surface area contributed by atoms with E-state index in [1.165, 1.54) is 44.4 Å². The van der Waals surface area contributed by atoms with Crippen LogP contribution >= 0.6 is 27.5 Å². The molecule has 2 rings (SSSR count). The van der Waals surface area contributed by atoms with Gasteiger partial charge < -0.3 is 10.1 Å². The third-order valence-electron chi connectivity index (χ3n) is 3.66. The molecular formula is C17H17BrClFN2O4S. The molecule has 0 saturated carbocycles. The third kappa shape index (κ3) is 5.12. The number of hydrogen-bond donors (Lipinski definition) is 1. The Bertz CT molecular complexity index is 971. The quantitative estimate of drug-likeness (QED) is 0.678. The van der Waals surface area contributed by atoms with Crippen molar-refractivity contribution in [2.75, 3.05) is 23.0 Å². The Balaban J connectivity index is 2.42. The van der Waals surface area contributed by atoms with Crippen LogP contribution in [-0.2, 0) is 14.8 Å². The van der Waals surface area contributed by atoms with Gasteiger partial charge in [0.1, 0.15) is 17.6 Å². The number of benzene rings is 2. The molecule has 0 aliphatic rings. The lowest BCUT2D eigenvalue weighted by Gasteiger charge is -2.29. The molecule has 0 aliphatic heterocycles. The number of sulfonamides is 1. The zero-order valence-electron chi connectivity index (χ0n) is 14.7. The number of carbonyl (C=O) groups excluding carboxylic acids is 1. The number of nitrogens with one attached hydrogen (secondary N) is 1. The molecule has 10 heteroatoms. The van der Waals surface area contributed by atoms with Gasteiger partial charge in [0.05, 0.1) is 24.7 Å². The van der Waals surface area contributed by atoms with E-state index in [1.54, 1.807) is 6.07 Å². The molecule has 0 saturated heterocycles. The number of halogens is 3. The summed E-state index contributed by atoms with van der Waals surface area (Å²) in [6, 6.07) is 7.32. The van der Waals surface area contributed by atoms with Crippen molar-refractivity contribution in [1.82, 2.24) is 0 Å². The standard InChI is InChI=1S/C17H17BrClFN2O4S/c1-10(17(23)21-14-6-4-11(18)8-13(14)20)22(27(3,24)25)15-9-12(19)5-7-16(15)26-2/h4-10H,1-3H3,(H,21,23)/t10-/m0/s1. The van der Waals surface area contributed by atoms with Gasteiger partial charge in [-0.15, -0.1) is 0 Å². The molecule has 0 unspecified atom stereocenters. The average Bonchev–Trinajstić information content (AvgIpc) is 2.56. The molecule has 1 amide bonds. The molecule has 6 nitrogen and oxygen atoms in total. The highest BCUT2D eigenvalue weighted by Gasteiger charge is 2.31. The van der Waals surface area contributed by atoms with Gasteiger partial charge in [-0.25, -0.2) is 12.8 Å². The highest BCUT2D eigenvalue weighted by Crippen LogP contribution is 2.34. The van der Waals surface area contributed by atoms with Crippen molar-refractivity contribution in [1.29, 1.82) is 0 Å². The third-order valence-corrected chi connectivity index (χ3v) is 5.61. The topological polar surface area (TPSA) is 75.7 Å². The summed E-state index contributed by atoms with van der Waals surface area (Å²) in [5.41, 5.74) is 0.0352. The summed E-state index contributed by atoms with van der Waals surface area (Å²) in [5, 5.41) is 2.67. The number of ether oxygens (including phenoxy) is 1. The van der Waals surface area contributed by atoms with Crippen molar-refractivity contribution in [3.8, 4) is 5.75 Å². The highest BCUT2D eigenvalue weighted by atomic mass is 79.9. The largest absolute Gasteiger partial charge is 0.495 e. The van der Waals surface area contributed by atoms with Crippen LogP contribution < -0.4 is 14.4 Å². The van der Waals surface area contributed by atoms with E-state index in [2.05, 4.69) is 21.2 Å². The summed E-state index contributed by atoms with van der Waals surface area (Å²) in [4.78, 5) is 12.6. The first kappa shape index (κ1) is 21.5. The fourth-order valence-corrected chi connectivity index (χ4v) is 4.11. The second-order valence-corrected chi connectivity index (χ2v) is 8.88. The maximum absolute atomic E-state index is 14.0. The second-order valence-electron chi connectivity index (χ2n) is 5.66. The lowest BCUT2D eigenvalue weighted by Crippen LogP contribution is -2.45. The van der Waals surface area contributed by atoms with Crippen LogP contribution in [0.5, 0.6) is 5.75 Å². The Hall–Kier alpha value is -1.84. The number of hydrogen-bond acceptors (Lipinski definition) is 4. The zero-order chi connectivity index (χ0) is 20.4. The molecule has 0 fully saturated rings. The van der Waals surface area contributed by atoms with E-state index in [1.807, 2.05) is 0 Å². The Labute approximate surface area is 170 Å². The van der Waals surface area contributed by atoms with Gasteiger partial charge in [-0.3, -0.25) is 9.10 Å². The Morgan fingerprint density at radius 3 is 2.52 bits per heavy atom. The van der Waals surface area contributed by atoms with Gasteiger partial charge >= 0.3 is 0 Å². The lowest BCUT2D eigenvalue weighted by molar-refractivity contribution is -0.116. The highest BCUT2D eigenvalue weighted by molar-refractivity contribution is 9.10. The van der Waals surface area contributed by atoms with Crippen molar-refractivity contribution in [2.24, 2.45) is 0 Å². The second kappa shape index (κ2) is 8.45. The molecule has 0 radical (unpaired) electrons. The van der Waals surface area contributed by atoms with Crippen LogP contribution in [0.2, 0.25) is 5.02 Å². The van der Waals surface area contributed by atoms with E-state index >= 15 is 0 Å². The zero-order valence-corrected chi connectivity index (χ0v) is 17.8. The van der Waals surface area contributed by atoms with Crippen molar-refractivity contribution < 1.29 is 22.3 Å². The summed E-state index contributed by atoms with van der Waals surface area (Å²) < 4.78 is 45.3. The normalized spacial score (nSPS) is 12.4. The molecule has 0 aromatic heterocycles. The minimum atomic E-state index is -3.89. The minimum absolute atomic E-state index is 0.0680. The fourth-order valence-electron chi connectivity index (χ4n) is 2.44. The van der Waals surface area contributed by atoms with E-state index in [0.29, 0.717) is 4.47 Å². The number of anilines is 2. The van der Waals surface area contributed by atoms with Crippen LogP contribution in [0.4, 0.5) is 15.8 Å². The first-order chi connectivity index (χ1) is 12.5. The smallest absolute Gasteiger partial charge is 0.248 e. The van der Waals surface area contributed by atoms with Gasteiger partial charge in [-0.2, -0.15) is 0 Å². The molecule has 0 aliphatic carbocycles. The van der Waals surface area contributed by atoms with E-state index < -0.39 is 27.8 Å². The molecule has 146 valence electrons. The van der Waals surface area contributed by atoms with E-state index in [0.717, 1.165) is 10.6 Å². The van der Waals surface area contributed by atoms with Crippen LogP contribution in [0.15, 0.2) is 40.9 Å². The molecule has 0 heterocycles. The summed E-state index contributed by atoms with van der Waals surface area (Å²) in [7, 11) is -2.52. The molecule has 0 spiro atoms. The van der Waals surface area contributed by atoms with Crippen molar-refractivity contribution in [3.05, 3.63) is 51.7 Å². The maximum atomic E-state index is 14.0. The van der Waals surface area contributed by atoms with E-state index in [-0.39, 0.29) is 22.1 Å². The Morgan fingerprint density at radius 2 is 1.96 bits per heavy atom. The number of methoxy groups -OCH3 is 1. The molecule has 2 aromatic carbocycles. The van der Waals surface area contributed by atoms with Gasteiger partial charge in [0.2, 0.25) is 15.9 Å². The first-order valence-corrected chi connectivity index (χ1v) is 10.7. The van der Waals surface area contributed by atoms with Crippen LogP contribution in [-0.4, -0.2) is 33.7 Å². The average molecular weight is 480 g/mol. The van der Waals surface area contributed by atoms with Gasteiger partial charge in [-0.1, -0.05) is 27.5 Å². The molecule has 0 bridgehead atoms. The van der Waals surface area contributed by atoms with Gasteiger partial charge in [0, 0.05) is 9.50 Å². The molecular weight excluding hydrogens is 463 g/mol. The SMILES string of the molecule is COc1ccc(Cl)cc1N([C@@H](C)C(=O)Nc1ccc(Br)cc1F)S(C)(=O)=O. The van der Waals surface area contributed by atoms with Crippen LogP contribution in [0, 0.1) is 5.82 Å². The van der Waals surface area contributed by atoms with Crippen LogP contribution in [0.1, 0.15) is 6.92 Å². The number of rotatable bonds is 6. The monoisotopic (exact) mass is 478 g/mol. The van der Waals surface area contributed by atoms with E-state index in [4.69, 9.17) is 16.3 Å². The number of nitrogens with zero attached hydrogens (tertiary/aromatic N) is 1. The predicted octanol–water partition coefficient (Wildman–Crippen LogP) is 4.04. The maximum Gasteiger partial charge on any atom is 0.248 e. The number of amides is 1. The minimum Gasteiger partial charge on any atom is -0.495 e. The van der Waals surface area contributed by atoms with Gasteiger partial charge in [-0.05, 0) is 43.3 Å². The fraction of sp³-hybridized carbons (Fsp3) is 0.235. The number of carbonyl (C=O) groups is 1. The van der Waals surface area contributed by atoms with Crippen LogP contribution in [0.3, 0.4) is 0 Å².